The van der Waals surface area contributed by atoms with E-state index in [0.717, 1.165) is 0 Å². The minimum atomic E-state index is -0.550. The van der Waals surface area contributed by atoms with Crippen molar-refractivity contribution in [3.63, 3.8) is 0 Å². The van der Waals surface area contributed by atoms with E-state index in [4.69, 9.17) is 4.42 Å². The van der Waals surface area contributed by atoms with Crippen LogP contribution in [-0.4, -0.2) is 20.7 Å². The first-order valence-electron chi connectivity index (χ1n) is 7.93. The maximum absolute atomic E-state index is 12.8. The van der Waals surface area contributed by atoms with Crippen molar-refractivity contribution in [3.8, 4) is 0 Å². The van der Waals surface area contributed by atoms with Gasteiger partial charge in [-0.15, -0.1) is 0 Å². The van der Waals surface area contributed by atoms with E-state index in [1.54, 1.807) is 53.8 Å². The number of carbonyl (C=O) groups is 1. The number of aromatic nitrogens is 1. The fourth-order valence-corrected chi connectivity index (χ4v) is 2.98. The molecule has 3 heterocycles. The highest BCUT2D eigenvalue weighted by molar-refractivity contribution is 5.98. The van der Waals surface area contributed by atoms with Crippen LogP contribution >= 0.6 is 0 Å². The molecule has 1 aliphatic rings. The Morgan fingerprint density at radius 3 is 2.88 bits per heavy atom. The van der Waals surface area contributed by atoms with Gasteiger partial charge in [-0.3, -0.25) is 19.9 Å². The molecule has 0 saturated carbocycles. The topological polar surface area (TPSA) is 102 Å². The summed E-state index contributed by atoms with van der Waals surface area (Å²) < 4.78 is 5.36. The van der Waals surface area contributed by atoms with Gasteiger partial charge >= 0.3 is 0 Å². The third kappa shape index (κ3) is 2.77. The predicted octanol–water partition coefficient (Wildman–Crippen LogP) is 3.35. The van der Waals surface area contributed by atoms with Crippen LogP contribution in [0.25, 0.3) is 0 Å². The van der Waals surface area contributed by atoms with E-state index in [-0.39, 0.29) is 18.1 Å². The summed E-state index contributed by atoms with van der Waals surface area (Å²) in [6.45, 7) is 0.259. The van der Waals surface area contributed by atoms with Crippen LogP contribution in [0, 0.1) is 10.1 Å². The molecule has 0 fully saturated rings. The van der Waals surface area contributed by atoms with Gasteiger partial charge in [-0.25, -0.2) is 0 Å². The van der Waals surface area contributed by atoms with Gasteiger partial charge in [0, 0.05) is 24.0 Å². The molecular formula is C18H14N4O4. The lowest BCUT2D eigenvalue weighted by Crippen LogP contribution is -2.32. The molecule has 1 aromatic carbocycles. The standard InChI is InChI=1S/C18H14N4O4/c23-18-15-7-2-8-19-16(15)17(21(18)11-14-6-3-9-26-14)20-12-4-1-5-13(10-12)22(24)25/h1-10,17,20H,11H2. The SMILES string of the molecule is O=C1c2cccnc2C(Nc2cccc([N+](=O)[O-])c2)N1Cc1ccco1. The Hall–Kier alpha value is -3.68. The number of rotatable bonds is 5. The van der Waals surface area contributed by atoms with E-state index >= 15 is 0 Å². The Morgan fingerprint density at radius 1 is 1.23 bits per heavy atom. The molecule has 8 nitrogen and oxygen atoms in total. The number of nitrogens with one attached hydrogen (secondary N) is 1. The Balaban J connectivity index is 1.69. The first-order chi connectivity index (χ1) is 12.6. The third-order valence-corrected chi connectivity index (χ3v) is 4.17. The highest BCUT2D eigenvalue weighted by atomic mass is 16.6. The molecule has 3 aromatic rings. The third-order valence-electron chi connectivity index (χ3n) is 4.17. The lowest BCUT2D eigenvalue weighted by atomic mass is 10.2. The monoisotopic (exact) mass is 350 g/mol. The van der Waals surface area contributed by atoms with Gasteiger partial charge in [-0.1, -0.05) is 6.07 Å². The van der Waals surface area contributed by atoms with Gasteiger partial charge in [-0.2, -0.15) is 0 Å². The predicted molar refractivity (Wildman–Crippen MR) is 92.3 cm³/mol. The van der Waals surface area contributed by atoms with Crippen LogP contribution in [0.1, 0.15) is 28.0 Å². The number of non-ortho nitro benzene ring substituents is 1. The zero-order valence-corrected chi connectivity index (χ0v) is 13.5. The highest BCUT2D eigenvalue weighted by Gasteiger charge is 2.38. The van der Waals surface area contributed by atoms with Gasteiger partial charge in [0.15, 0.2) is 0 Å². The highest BCUT2D eigenvalue weighted by Crippen LogP contribution is 2.34. The van der Waals surface area contributed by atoms with Crippen LogP contribution in [-0.2, 0) is 6.54 Å². The van der Waals surface area contributed by atoms with Crippen molar-refractivity contribution in [1.82, 2.24) is 9.88 Å². The quantitative estimate of drug-likeness (QED) is 0.559. The zero-order chi connectivity index (χ0) is 18.1. The molecule has 0 bridgehead atoms. The number of hydrogen-bond acceptors (Lipinski definition) is 6. The molecule has 0 spiro atoms. The molecule has 1 unspecified atom stereocenters. The molecule has 0 saturated heterocycles. The van der Waals surface area contributed by atoms with Gasteiger partial charge < -0.3 is 14.6 Å². The van der Waals surface area contributed by atoms with E-state index < -0.39 is 11.1 Å². The van der Waals surface area contributed by atoms with E-state index in [2.05, 4.69) is 10.3 Å². The fourth-order valence-electron chi connectivity index (χ4n) is 2.98. The van der Waals surface area contributed by atoms with Crippen molar-refractivity contribution in [2.45, 2.75) is 12.7 Å². The zero-order valence-electron chi connectivity index (χ0n) is 13.5. The molecule has 130 valence electrons. The summed E-state index contributed by atoms with van der Waals surface area (Å²) in [5, 5.41) is 14.2. The van der Waals surface area contributed by atoms with E-state index in [9.17, 15) is 14.9 Å². The van der Waals surface area contributed by atoms with Crippen LogP contribution in [0.2, 0.25) is 0 Å². The number of carbonyl (C=O) groups excluding carboxylic acids is 1. The summed E-state index contributed by atoms with van der Waals surface area (Å²) in [7, 11) is 0. The molecule has 2 aromatic heterocycles. The molecular weight excluding hydrogens is 336 g/mol. The minimum absolute atomic E-state index is 0.0295. The second-order valence-electron chi connectivity index (χ2n) is 5.80. The number of furan rings is 1. The summed E-state index contributed by atoms with van der Waals surface area (Å²) in [5.74, 6) is 0.462. The summed E-state index contributed by atoms with van der Waals surface area (Å²) in [6.07, 6.45) is 2.61. The number of nitrogens with zero attached hydrogens (tertiary/aromatic N) is 3. The molecule has 8 heteroatoms. The average molecular weight is 350 g/mol. The van der Waals surface area contributed by atoms with E-state index in [1.165, 1.54) is 12.1 Å². The van der Waals surface area contributed by atoms with Crippen molar-refractivity contribution < 1.29 is 14.1 Å². The second-order valence-corrected chi connectivity index (χ2v) is 5.80. The van der Waals surface area contributed by atoms with E-state index in [1.807, 2.05) is 0 Å². The Morgan fingerprint density at radius 2 is 2.12 bits per heavy atom. The van der Waals surface area contributed by atoms with Crippen LogP contribution < -0.4 is 5.32 Å². The number of pyridine rings is 1. The maximum Gasteiger partial charge on any atom is 0.271 e. The van der Waals surface area contributed by atoms with Gasteiger partial charge in [0.05, 0.1) is 29.0 Å². The van der Waals surface area contributed by atoms with Crippen LogP contribution in [0.15, 0.2) is 65.4 Å². The van der Waals surface area contributed by atoms with Crippen molar-refractivity contribution in [3.05, 3.63) is 88.1 Å². The Labute approximate surface area is 148 Å². The summed E-state index contributed by atoms with van der Waals surface area (Å²) in [6, 6.07) is 13.1. The van der Waals surface area contributed by atoms with Gasteiger partial charge in [0.2, 0.25) is 0 Å². The normalized spacial score (nSPS) is 15.8. The lowest BCUT2D eigenvalue weighted by molar-refractivity contribution is -0.384. The molecule has 1 atom stereocenters. The summed E-state index contributed by atoms with van der Waals surface area (Å²) in [4.78, 5) is 29.3. The average Bonchev–Trinajstić information content (AvgIpc) is 3.25. The van der Waals surface area contributed by atoms with Crippen LogP contribution in [0.3, 0.4) is 0 Å². The maximum atomic E-state index is 12.8. The smallest absolute Gasteiger partial charge is 0.271 e. The molecule has 0 radical (unpaired) electrons. The number of anilines is 1. The van der Waals surface area contributed by atoms with Crippen molar-refractivity contribution in [2.75, 3.05) is 5.32 Å². The van der Waals surface area contributed by atoms with Crippen molar-refractivity contribution in [2.24, 2.45) is 0 Å². The number of benzene rings is 1. The molecule has 1 N–H and O–H groups in total. The van der Waals surface area contributed by atoms with Gasteiger partial charge in [0.1, 0.15) is 11.9 Å². The first kappa shape index (κ1) is 15.8. The van der Waals surface area contributed by atoms with Gasteiger partial charge in [-0.05, 0) is 30.3 Å². The summed E-state index contributed by atoms with van der Waals surface area (Å²) >= 11 is 0. The van der Waals surface area contributed by atoms with Gasteiger partial charge in [0.25, 0.3) is 11.6 Å². The lowest BCUT2D eigenvalue weighted by Gasteiger charge is -2.25. The number of hydrogen-bond donors (Lipinski definition) is 1. The number of nitro benzene ring substituents is 1. The van der Waals surface area contributed by atoms with Crippen LogP contribution in [0.5, 0.6) is 0 Å². The van der Waals surface area contributed by atoms with Crippen molar-refractivity contribution in [1.29, 1.82) is 0 Å². The second kappa shape index (κ2) is 6.32. The molecule has 0 aliphatic carbocycles. The molecule has 26 heavy (non-hydrogen) atoms. The first-order valence-corrected chi connectivity index (χ1v) is 7.93. The number of fused-ring (bicyclic) bond motifs is 1. The largest absolute Gasteiger partial charge is 0.467 e. The summed E-state index contributed by atoms with van der Waals surface area (Å²) in [5.41, 5.74) is 1.58. The number of amides is 1. The molecule has 1 amide bonds. The number of nitro groups is 1. The fraction of sp³-hybridized carbons (Fsp3) is 0.111. The molecule has 1 aliphatic heterocycles. The van der Waals surface area contributed by atoms with Crippen LogP contribution in [0.4, 0.5) is 11.4 Å². The minimum Gasteiger partial charge on any atom is -0.467 e. The molecule has 4 rings (SSSR count). The Bertz CT molecular complexity index is 971. The van der Waals surface area contributed by atoms with E-state index in [0.29, 0.717) is 22.7 Å². The Kier molecular flexibility index (Phi) is 3.85. The van der Waals surface area contributed by atoms with Crippen molar-refractivity contribution >= 4 is 17.3 Å².